The number of imidazole rings is 2. The van der Waals surface area contributed by atoms with E-state index in [4.69, 9.17) is 9.97 Å². The van der Waals surface area contributed by atoms with Crippen LogP contribution in [-0.2, 0) is 6.42 Å². The van der Waals surface area contributed by atoms with Crippen LogP contribution in [0.2, 0.25) is 0 Å². The monoisotopic (exact) mass is 538 g/mol. The number of benzene rings is 2. The van der Waals surface area contributed by atoms with Crippen LogP contribution in [0.15, 0.2) is 48.8 Å². The van der Waals surface area contributed by atoms with Crippen molar-refractivity contribution in [3.05, 3.63) is 60.4 Å². The molecule has 2 aromatic carbocycles. The first-order chi connectivity index (χ1) is 15.6. The molecule has 0 unspecified atom stereocenters. The molecule has 7 heteroatoms. The Hall–Kier alpha value is -2.23. The summed E-state index contributed by atoms with van der Waals surface area (Å²) < 4.78 is 2.66. The van der Waals surface area contributed by atoms with Crippen molar-refractivity contribution in [1.82, 2.24) is 29.9 Å². The normalized spacial score (nSPS) is 12.8. The van der Waals surface area contributed by atoms with Crippen molar-refractivity contribution in [3.8, 4) is 33.9 Å². The topological polar surface area (TPSA) is 83.1 Å². The number of hydrogen-bond acceptors (Lipinski definition) is 4. The van der Waals surface area contributed by atoms with Gasteiger partial charge >= 0.3 is 199 Å². The van der Waals surface area contributed by atoms with Gasteiger partial charge in [-0.2, -0.15) is 0 Å². The molecule has 4 heterocycles. The van der Waals surface area contributed by atoms with Crippen molar-refractivity contribution in [2.24, 2.45) is 0 Å². The Morgan fingerprint density at radius 3 is 2.62 bits per heavy atom. The van der Waals surface area contributed by atoms with E-state index in [2.05, 4.69) is 77.1 Å². The molecule has 2 N–H and O–H groups in total. The van der Waals surface area contributed by atoms with Gasteiger partial charge in [-0.05, 0) is 0 Å². The molecule has 0 saturated heterocycles. The average molecular weight is 538 g/mol. The van der Waals surface area contributed by atoms with E-state index < -0.39 is 0 Å². The van der Waals surface area contributed by atoms with Gasteiger partial charge in [-0.1, -0.05) is 6.92 Å². The number of rotatable bonds is 4. The Kier molecular flexibility index (Phi) is 5.08. The van der Waals surface area contributed by atoms with Gasteiger partial charge in [0.1, 0.15) is 0 Å². The SMILES string of the molecule is CCc1ncc(-c2ccc3nc(-c4ccc5c(c4)[Xe]c4[nH]c(C(C)C)nc4-5)ncc3c2)[nH]1. The van der Waals surface area contributed by atoms with Gasteiger partial charge in [-0.15, -0.1) is 0 Å². The van der Waals surface area contributed by atoms with Crippen LogP contribution < -0.4 is 0.193 Å². The van der Waals surface area contributed by atoms with Crippen LogP contribution in [0.3, 0.4) is 0 Å². The first-order valence-electron chi connectivity index (χ1n) is 10.8. The molecule has 6 rings (SSSR count). The summed E-state index contributed by atoms with van der Waals surface area (Å²) in [6.45, 7) is 6.44. The number of aryl methyl sites for hydroxylation is 1. The fourth-order valence-corrected chi connectivity index (χ4v) is 6.60. The Labute approximate surface area is 210 Å². The van der Waals surface area contributed by atoms with Gasteiger partial charge in [0, 0.05) is 6.42 Å². The molecule has 1 aliphatic rings. The predicted octanol–water partition coefficient (Wildman–Crippen LogP) is 4.11. The number of nitrogens with one attached hydrogen (secondary N) is 2. The van der Waals surface area contributed by atoms with Crippen LogP contribution in [-0.4, -0.2) is 29.9 Å². The minimum atomic E-state index is -0.0532. The Balaban J connectivity index is 1.33. The first-order valence-corrected chi connectivity index (χ1v) is 12.8. The molecule has 6 nitrogen and oxygen atoms in total. The second-order valence-corrected chi connectivity index (χ2v) is 10.9. The molecule has 0 bridgehead atoms. The van der Waals surface area contributed by atoms with Crippen LogP contribution in [0.1, 0.15) is 38.3 Å². The molecule has 0 aliphatic carbocycles. The summed E-state index contributed by atoms with van der Waals surface area (Å²) in [6, 6.07) is 12.8. The van der Waals surface area contributed by atoms with E-state index in [1.807, 2.05) is 12.4 Å². The third-order valence-corrected chi connectivity index (χ3v) is 8.34. The zero-order valence-electron chi connectivity index (χ0n) is 18.0. The van der Waals surface area contributed by atoms with Crippen LogP contribution >= 0.6 is 0 Å². The maximum atomic E-state index is 4.85. The van der Waals surface area contributed by atoms with Gasteiger partial charge in [0.2, 0.25) is 0 Å². The van der Waals surface area contributed by atoms with Crippen LogP contribution in [0, 0.1) is 44.2 Å². The Morgan fingerprint density at radius 2 is 1.81 bits per heavy atom. The van der Waals surface area contributed by atoms with E-state index in [-0.39, 0.29) is 44.2 Å². The maximum absolute atomic E-state index is 4.85. The summed E-state index contributed by atoms with van der Waals surface area (Å²) in [7, 11) is 0. The van der Waals surface area contributed by atoms with Crippen molar-refractivity contribution in [2.75, 3.05) is 0 Å². The molecule has 0 spiro atoms. The standard InChI is InChI=1S/C25H22N6Xe/c1-4-21-26-12-19(28-21)14-6-8-18-16(9-14)11-27-24(29-18)15-5-7-17-20(10-15)32-25-22(17)30-23(31-25)13(2)3/h5-13H,4H2,1-3H3,(H,26,28)(H,30,31). The van der Waals surface area contributed by atoms with Crippen molar-refractivity contribution < 1.29 is 44.2 Å². The fourth-order valence-electron chi connectivity index (χ4n) is 3.91. The van der Waals surface area contributed by atoms with Gasteiger partial charge in [-0.25, -0.2) is 0 Å². The zero-order chi connectivity index (χ0) is 21.8. The molecule has 5 aromatic rings. The molecule has 0 atom stereocenters. The fraction of sp³-hybridized carbons (Fsp3) is 0.200. The number of aromatic amines is 2. The van der Waals surface area contributed by atoms with E-state index >= 15 is 0 Å². The van der Waals surface area contributed by atoms with E-state index in [9.17, 15) is 0 Å². The van der Waals surface area contributed by atoms with Crippen molar-refractivity contribution in [3.63, 3.8) is 0 Å². The number of nitrogens with zero attached hydrogens (tertiary/aromatic N) is 4. The third kappa shape index (κ3) is 3.47. The van der Waals surface area contributed by atoms with Crippen molar-refractivity contribution >= 4 is 11.1 Å². The summed E-state index contributed by atoms with van der Waals surface area (Å²) in [5, 5.41) is 1.02. The molecule has 3 aromatic heterocycles. The minimum absolute atomic E-state index is 0.0532. The molecule has 0 amide bonds. The Morgan fingerprint density at radius 1 is 0.938 bits per heavy atom. The zero-order valence-corrected chi connectivity index (χ0v) is 20.1. The predicted molar refractivity (Wildman–Crippen MR) is 123 cm³/mol. The van der Waals surface area contributed by atoms with E-state index in [0.29, 0.717) is 5.92 Å². The number of aromatic nitrogens is 6. The van der Waals surface area contributed by atoms with Gasteiger partial charge in [0.25, 0.3) is 0 Å². The molecule has 0 radical (unpaired) electrons. The van der Waals surface area contributed by atoms with Crippen molar-refractivity contribution in [2.45, 2.75) is 33.1 Å². The summed E-state index contributed by atoms with van der Waals surface area (Å²) in [5.74, 6) is 3.25. The van der Waals surface area contributed by atoms with E-state index in [1.54, 1.807) is 0 Å². The summed E-state index contributed by atoms with van der Waals surface area (Å²) in [5.41, 5.74) is 6.49. The number of hydrogen-bond donors (Lipinski definition) is 2. The second kappa shape index (κ2) is 7.97. The van der Waals surface area contributed by atoms with Gasteiger partial charge in [0.05, 0.1) is 0 Å². The average Bonchev–Trinajstić information content (AvgIpc) is 3.52. The summed E-state index contributed by atoms with van der Waals surface area (Å²) in [6.07, 6.45) is 4.69. The van der Waals surface area contributed by atoms with E-state index in [1.165, 1.54) is 5.76 Å². The summed E-state index contributed by atoms with van der Waals surface area (Å²) in [4.78, 5) is 25.7. The third-order valence-electron chi connectivity index (χ3n) is 5.73. The molecule has 160 valence electrons. The molecular formula is C25H22N6Xe. The first kappa shape index (κ1) is 20.4. The quantitative estimate of drug-likeness (QED) is 0.355. The Bertz CT molecular complexity index is 1480. The van der Waals surface area contributed by atoms with E-state index in [0.717, 1.165) is 57.3 Å². The van der Waals surface area contributed by atoms with Crippen LogP contribution in [0.4, 0.5) is 0 Å². The van der Waals surface area contributed by atoms with Gasteiger partial charge < -0.3 is 0 Å². The van der Waals surface area contributed by atoms with Gasteiger partial charge in [-0.3, -0.25) is 0 Å². The second-order valence-electron chi connectivity index (χ2n) is 8.26. The molecule has 1 aliphatic heterocycles. The van der Waals surface area contributed by atoms with Crippen LogP contribution in [0.25, 0.3) is 44.8 Å². The number of H-pyrrole nitrogens is 2. The summed E-state index contributed by atoms with van der Waals surface area (Å²) >= 11 is -0.0532. The molecule has 32 heavy (non-hydrogen) atoms. The molecule has 0 fully saturated rings. The van der Waals surface area contributed by atoms with Crippen LogP contribution in [0.5, 0.6) is 0 Å². The molecule has 0 saturated carbocycles. The molecular weight excluding hydrogens is 516 g/mol. The number of fused-ring (bicyclic) bond motifs is 4. The van der Waals surface area contributed by atoms with Crippen molar-refractivity contribution in [1.29, 1.82) is 0 Å². The van der Waals surface area contributed by atoms with Gasteiger partial charge in [0.15, 0.2) is 0 Å².